The molecule has 1 fully saturated rings. The van der Waals surface area contributed by atoms with Crippen LogP contribution in [0.15, 0.2) is 0 Å². The third-order valence-electron chi connectivity index (χ3n) is 2.28. The lowest BCUT2D eigenvalue weighted by Crippen LogP contribution is -2.48. The minimum Gasteiger partial charge on any atom is -0.377 e. The molecule has 1 unspecified atom stereocenters. The van der Waals surface area contributed by atoms with E-state index >= 15 is 0 Å². The van der Waals surface area contributed by atoms with Crippen molar-refractivity contribution in [3.8, 4) is 0 Å². The quantitative estimate of drug-likeness (QED) is 0.563. The highest BCUT2D eigenvalue weighted by molar-refractivity contribution is 4.79. The molecular formula is C9H18FNO. The van der Waals surface area contributed by atoms with E-state index in [1.807, 2.05) is 18.7 Å². The number of hydrogen-bond acceptors (Lipinski definition) is 2. The maximum atomic E-state index is 13.8. The third-order valence-corrected chi connectivity index (χ3v) is 2.28. The smallest absolute Gasteiger partial charge is 0.184 e. The zero-order valence-corrected chi connectivity index (χ0v) is 8.14. The van der Waals surface area contributed by atoms with Crippen LogP contribution in [0.3, 0.4) is 0 Å². The number of nitrogens with zero attached hydrogens (tertiary/aromatic N) is 1. The van der Waals surface area contributed by atoms with Crippen LogP contribution < -0.4 is 0 Å². The molecule has 0 radical (unpaired) electrons. The summed E-state index contributed by atoms with van der Waals surface area (Å²) in [7, 11) is 0. The van der Waals surface area contributed by atoms with Gasteiger partial charge in [0.15, 0.2) is 5.79 Å². The van der Waals surface area contributed by atoms with Crippen molar-refractivity contribution in [2.75, 3.05) is 19.8 Å². The predicted octanol–water partition coefficient (Wildman–Crippen LogP) is 1.80. The van der Waals surface area contributed by atoms with Gasteiger partial charge in [-0.25, -0.2) is 4.39 Å². The predicted molar refractivity (Wildman–Crippen MR) is 46.8 cm³/mol. The standard InChI is InChI=1S/C9H18FNO/c1-8(2)11-5-4-6-12-7-9(11,3)10/h8H,4-7H2,1-3H3. The van der Waals surface area contributed by atoms with Crippen LogP contribution in [0, 0.1) is 0 Å². The Morgan fingerprint density at radius 3 is 2.75 bits per heavy atom. The lowest BCUT2D eigenvalue weighted by Gasteiger charge is -2.35. The lowest BCUT2D eigenvalue weighted by atomic mass is 10.2. The molecule has 3 heteroatoms. The van der Waals surface area contributed by atoms with Gasteiger partial charge in [-0.3, -0.25) is 4.90 Å². The van der Waals surface area contributed by atoms with E-state index in [2.05, 4.69) is 0 Å². The summed E-state index contributed by atoms with van der Waals surface area (Å²) in [4.78, 5) is 1.86. The zero-order valence-electron chi connectivity index (χ0n) is 8.14. The second kappa shape index (κ2) is 3.71. The van der Waals surface area contributed by atoms with Crippen LogP contribution in [0.25, 0.3) is 0 Å². The summed E-state index contributed by atoms with van der Waals surface area (Å²) in [6.45, 7) is 7.31. The number of hydrogen-bond donors (Lipinski definition) is 0. The Labute approximate surface area is 73.7 Å². The fourth-order valence-corrected chi connectivity index (χ4v) is 1.71. The second-order valence-electron chi connectivity index (χ2n) is 3.84. The van der Waals surface area contributed by atoms with Gasteiger partial charge in [0.05, 0.1) is 6.61 Å². The van der Waals surface area contributed by atoms with Crippen molar-refractivity contribution < 1.29 is 9.13 Å². The van der Waals surface area contributed by atoms with E-state index in [4.69, 9.17) is 4.74 Å². The first-order chi connectivity index (χ1) is 5.54. The lowest BCUT2D eigenvalue weighted by molar-refractivity contribution is -0.0726. The largest absolute Gasteiger partial charge is 0.377 e. The van der Waals surface area contributed by atoms with E-state index in [0.29, 0.717) is 6.61 Å². The molecular weight excluding hydrogens is 157 g/mol. The molecule has 1 atom stereocenters. The van der Waals surface area contributed by atoms with Crippen LogP contribution in [0.4, 0.5) is 4.39 Å². The highest BCUT2D eigenvalue weighted by Gasteiger charge is 2.34. The van der Waals surface area contributed by atoms with Gasteiger partial charge in [0.2, 0.25) is 0 Å². The van der Waals surface area contributed by atoms with Crippen LogP contribution >= 0.6 is 0 Å². The molecule has 0 N–H and O–H groups in total. The van der Waals surface area contributed by atoms with E-state index in [1.54, 1.807) is 6.92 Å². The van der Waals surface area contributed by atoms with Gasteiger partial charge in [-0.2, -0.15) is 0 Å². The van der Waals surface area contributed by atoms with Crippen molar-refractivity contribution in [3.05, 3.63) is 0 Å². The van der Waals surface area contributed by atoms with Crippen LogP contribution in [0.2, 0.25) is 0 Å². The van der Waals surface area contributed by atoms with Crippen molar-refractivity contribution >= 4 is 0 Å². The summed E-state index contributed by atoms with van der Waals surface area (Å²) in [5.41, 5.74) is 0. The van der Waals surface area contributed by atoms with Gasteiger partial charge in [-0.1, -0.05) is 0 Å². The zero-order chi connectivity index (χ0) is 9.19. The average molecular weight is 175 g/mol. The highest BCUT2D eigenvalue weighted by Crippen LogP contribution is 2.23. The monoisotopic (exact) mass is 175 g/mol. The Bertz CT molecular complexity index is 147. The first-order valence-corrected chi connectivity index (χ1v) is 4.57. The van der Waals surface area contributed by atoms with E-state index < -0.39 is 5.79 Å². The van der Waals surface area contributed by atoms with E-state index in [1.165, 1.54) is 0 Å². The molecule has 0 aromatic rings. The Balaban J connectivity index is 2.65. The number of halogens is 1. The second-order valence-corrected chi connectivity index (χ2v) is 3.84. The molecule has 1 aliphatic rings. The molecule has 0 aromatic heterocycles. The summed E-state index contributed by atoms with van der Waals surface area (Å²) in [5.74, 6) is -1.29. The molecule has 0 saturated carbocycles. The number of alkyl halides is 1. The van der Waals surface area contributed by atoms with Crippen molar-refractivity contribution in [2.45, 2.75) is 39.0 Å². The Morgan fingerprint density at radius 1 is 1.50 bits per heavy atom. The summed E-state index contributed by atoms with van der Waals surface area (Å²) in [6.07, 6.45) is 0.928. The fourth-order valence-electron chi connectivity index (χ4n) is 1.71. The molecule has 0 spiro atoms. The van der Waals surface area contributed by atoms with Gasteiger partial charge in [0, 0.05) is 19.2 Å². The van der Waals surface area contributed by atoms with Gasteiger partial charge >= 0.3 is 0 Å². The molecule has 0 bridgehead atoms. The van der Waals surface area contributed by atoms with Crippen LogP contribution in [-0.4, -0.2) is 36.5 Å². The maximum Gasteiger partial charge on any atom is 0.184 e. The normalized spacial score (nSPS) is 33.8. The van der Waals surface area contributed by atoms with Crippen LogP contribution in [0.1, 0.15) is 27.2 Å². The van der Waals surface area contributed by atoms with Gasteiger partial charge in [0.25, 0.3) is 0 Å². The summed E-state index contributed by atoms with van der Waals surface area (Å²) < 4.78 is 19.0. The Hall–Kier alpha value is -0.150. The van der Waals surface area contributed by atoms with Gasteiger partial charge < -0.3 is 4.74 Å². The Morgan fingerprint density at radius 2 is 2.17 bits per heavy atom. The van der Waals surface area contributed by atoms with Gasteiger partial charge in [-0.15, -0.1) is 0 Å². The molecule has 0 aliphatic carbocycles. The van der Waals surface area contributed by atoms with Crippen molar-refractivity contribution in [3.63, 3.8) is 0 Å². The SMILES string of the molecule is CC(C)N1CCCOCC1(C)F. The summed E-state index contributed by atoms with van der Waals surface area (Å²) in [5, 5.41) is 0. The maximum absolute atomic E-state index is 13.8. The van der Waals surface area contributed by atoms with Crippen molar-refractivity contribution in [2.24, 2.45) is 0 Å². The average Bonchev–Trinajstić information content (AvgIpc) is 2.09. The molecule has 1 aliphatic heterocycles. The summed E-state index contributed by atoms with van der Waals surface area (Å²) >= 11 is 0. The number of rotatable bonds is 1. The minimum atomic E-state index is -1.29. The molecule has 1 rings (SSSR count). The third kappa shape index (κ3) is 2.17. The minimum absolute atomic E-state index is 0.200. The molecule has 2 nitrogen and oxygen atoms in total. The summed E-state index contributed by atoms with van der Waals surface area (Å²) in [6, 6.07) is 0.252. The molecule has 72 valence electrons. The Kier molecular flexibility index (Phi) is 3.07. The van der Waals surface area contributed by atoms with Crippen molar-refractivity contribution in [1.29, 1.82) is 0 Å². The van der Waals surface area contributed by atoms with Crippen molar-refractivity contribution in [1.82, 2.24) is 4.90 Å². The first-order valence-electron chi connectivity index (χ1n) is 4.57. The molecule has 0 aromatic carbocycles. The van der Waals surface area contributed by atoms with Crippen LogP contribution in [-0.2, 0) is 4.74 Å². The highest BCUT2D eigenvalue weighted by atomic mass is 19.1. The number of ether oxygens (including phenoxy) is 1. The van der Waals surface area contributed by atoms with E-state index in [9.17, 15) is 4.39 Å². The molecule has 12 heavy (non-hydrogen) atoms. The topological polar surface area (TPSA) is 12.5 Å². The van der Waals surface area contributed by atoms with Gasteiger partial charge in [-0.05, 0) is 27.2 Å². The molecule has 0 amide bonds. The van der Waals surface area contributed by atoms with Gasteiger partial charge in [0.1, 0.15) is 0 Å². The molecule has 1 heterocycles. The van der Waals surface area contributed by atoms with E-state index in [-0.39, 0.29) is 12.6 Å². The van der Waals surface area contributed by atoms with E-state index in [0.717, 1.165) is 13.0 Å². The molecule has 1 saturated heterocycles. The van der Waals surface area contributed by atoms with Crippen LogP contribution in [0.5, 0.6) is 0 Å². The fraction of sp³-hybridized carbons (Fsp3) is 1.00. The first kappa shape index (κ1) is 9.93.